The third-order valence-corrected chi connectivity index (χ3v) is 2.30. The number of benzene rings is 1. The molecule has 4 heteroatoms. The Hall–Kier alpha value is -0.610. The summed E-state index contributed by atoms with van der Waals surface area (Å²) in [7, 11) is 0. The van der Waals surface area contributed by atoms with Crippen molar-refractivity contribution >= 4 is 33.1 Å². The Labute approximate surface area is 78.2 Å². The SMILES string of the molecule is NC(=S)c1cccc(O)c1Br. The van der Waals surface area contributed by atoms with E-state index in [0.717, 1.165) is 0 Å². The minimum Gasteiger partial charge on any atom is -0.507 e. The molecule has 1 aromatic carbocycles. The van der Waals surface area contributed by atoms with Gasteiger partial charge in [-0.05, 0) is 22.0 Å². The molecule has 1 aromatic rings. The van der Waals surface area contributed by atoms with Crippen molar-refractivity contribution in [2.45, 2.75) is 0 Å². The normalized spacial score (nSPS) is 9.55. The van der Waals surface area contributed by atoms with Gasteiger partial charge in [-0.1, -0.05) is 24.4 Å². The number of aromatic hydroxyl groups is 1. The van der Waals surface area contributed by atoms with E-state index in [1.54, 1.807) is 18.2 Å². The van der Waals surface area contributed by atoms with Crippen LogP contribution in [-0.2, 0) is 0 Å². The van der Waals surface area contributed by atoms with E-state index in [1.807, 2.05) is 0 Å². The molecule has 1 rings (SSSR count). The lowest BCUT2D eigenvalue weighted by molar-refractivity contribution is 0.472. The van der Waals surface area contributed by atoms with E-state index >= 15 is 0 Å². The molecule has 0 unspecified atom stereocenters. The highest BCUT2D eigenvalue weighted by atomic mass is 79.9. The predicted molar refractivity (Wildman–Crippen MR) is 51.7 cm³/mol. The Morgan fingerprint density at radius 2 is 2.18 bits per heavy atom. The lowest BCUT2D eigenvalue weighted by Gasteiger charge is -2.02. The van der Waals surface area contributed by atoms with E-state index in [4.69, 9.17) is 18.0 Å². The van der Waals surface area contributed by atoms with Crippen LogP contribution in [0, 0.1) is 0 Å². The summed E-state index contributed by atoms with van der Waals surface area (Å²) in [6, 6.07) is 4.99. The molecule has 0 bridgehead atoms. The average molecular weight is 232 g/mol. The number of thiocarbonyl (C=S) groups is 1. The molecule has 0 fully saturated rings. The molecule has 0 amide bonds. The van der Waals surface area contributed by atoms with Crippen LogP contribution in [0.15, 0.2) is 22.7 Å². The number of nitrogens with two attached hydrogens (primary N) is 1. The van der Waals surface area contributed by atoms with Crippen molar-refractivity contribution in [3.8, 4) is 5.75 Å². The van der Waals surface area contributed by atoms with Gasteiger partial charge in [0.15, 0.2) is 0 Å². The van der Waals surface area contributed by atoms with Gasteiger partial charge in [-0.25, -0.2) is 0 Å². The molecular formula is C7H6BrNOS. The van der Waals surface area contributed by atoms with Crippen LogP contribution in [0.2, 0.25) is 0 Å². The molecule has 0 aliphatic rings. The largest absolute Gasteiger partial charge is 0.507 e. The number of hydrogen-bond acceptors (Lipinski definition) is 2. The lowest BCUT2D eigenvalue weighted by atomic mass is 10.2. The molecule has 0 spiro atoms. The van der Waals surface area contributed by atoms with Gasteiger partial charge >= 0.3 is 0 Å². The van der Waals surface area contributed by atoms with Crippen molar-refractivity contribution < 1.29 is 5.11 Å². The van der Waals surface area contributed by atoms with Crippen LogP contribution >= 0.6 is 28.1 Å². The fraction of sp³-hybridized carbons (Fsp3) is 0. The van der Waals surface area contributed by atoms with Gasteiger partial charge in [0, 0.05) is 5.56 Å². The summed E-state index contributed by atoms with van der Waals surface area (Å²) in [4.78, 5) is 0.271. The third kappa shape index (κ3) is 1.70. The zero-order valence-electron chi connectivity index (χ0n) is 5.54. The van der Waals surface area contributed by atoms with Gasteiger partial charge in [0.2, 0.25) is 0 Å². The van der Waals surface area contributed by atoms with E-state index in [1.165, 1.54) is 0 Å². The smallest absolute Gasteiger partial charge is 0.130 e. The van der Waals surface area contributed by atoms with Crippen molar-refractivity contribution in [1.29, 1.82) is 0 Å². The van der Waals surface area contributed by atoms with Crippen LogP contribution in [0.1, 0.15) is 5.56 Å². The van der Waals surface area contributed by atoms with Crippen LogP contribution in [0.25, 0.3) is 0 Å². The summed E-state index contributed by atoms with van der Waals surface area (Å²) in [6.45, 7) is 0. The van der Waals surface area contributed by atoms with Crippen LogP contribution < -0.4 is 5.73 Å². The second kappa shape index (κ2) is 3.19. The Morgan fingerprint density at radius 1 is 1.55 bits per heavy atom. The van der Waals surface area contributed by atoms with Gasteiger partial charge in [0.25, 0.3) is 0 Å². The summed E-state index contributed by atoms with van der Waals surface area (Å²) in [6.07, 6.45) is 0. The summed E-state index contributed by atoms with van der Waals surface area (Å²) in [5.74, 6) is 0.148. The van der Waals surface area contributed by atoms with Gasteiger partial charge in [-0.2, -0.15) is 0 Å². The number of phenolic OH excluding ortho intramolecular Hbond substituents is 1. The fourth-order valence-electron chi connectivity index (χ4n) is 0.710. The molecule has 0 atom stereocenters. The first-order chi connectivity index (χ1) is 5.13. The highest BCUT2D eigenvalue weighted by molar-refractivity contribution is 9.10. The zero-order valence-corrected chi connectivity index (χ0v) is 7.95. The molecule has 0 aliphatic heterocycles. The molecule has 0 aliphatic carbocycles. The molecule has 0 aromatic heterocycles. The minimum atomic E-state index is 0.148. The maximum absolute atomic E-state index is 9.19. The monoisotopic (exact) mass is 231 g/mol. The molecule has 2 nitrogen and oxygen atoms in total. The van der Waals surface area contributed by atoms with Crippen molar-refractivity contribution in [2.24, 2.45) is 5.73 Å². The van der Waals surface area contributed by atoms with E-state index in [-0.39, 0.29) is 10.7 Å². The van der Waals surface area contributed by atoms with Crippen LogP contribution in [0.5, 0.6) is 5.75 Å². The summed E-state index contributed by atoms with van der Waals surface area (Å²) >= 11 is 7.91. The lowest BCUT2D eigenvalue weighted by Crippen LogP contribution is -2.09. The third-order valence-electron chi connectivity index (χ3n) is 1.24. The number of halogens is 1. The summed E-state index contributed by atoms with van der Waals surface area (Å²) in [5, 5.41) is 9.19. The molecule has 0 saturated heterocycles. The van der Waals surface area contributed by atoms with Crippen molar-refractivity contribution in [1.82, 2.24) is 0 Å². The summed E-state index contributed by atoms with van der Waals surface area (Å²) < 4.78 is 0.549. The predicted octanol–water partition coefficient (Wildman–Crippen LogP) is 1.79. The molecule has 0 heterocycles. The molecule has 0 saturated carbocycles. The first-order valence-electron chi connectivity index (χ1n) is 2.90. The maximum atomic E-state index is 9.19. The Balaban J connectivity index is 3.27. The Bertz CT molecular complexity index is 300. The number of hydrogen-bond donors (Lipinski definition) is 2. The molecule has 11 heavy (non-hydrogen) atoms. The standard InChI is InChI=1S/C7H6BrNOS/c8-6-4(7(9)11)2-1-3-5(6)10/h1-3,10H,(H2,9,11). The van der Waals surface area contributed by atoms with Gasteiger partial charge in [0.1, 0.15) is 10.7 Å². The first kappa shape index (κ1) is 8.49. The van der Waals surface area contributed by atoms with E-state index in [0.29, 0.717) is 10.0 Å². The van der Waals surface area contributed by atoms with Gasteiger partial charge in [-0.15, -0.1) is 0 Å². The molecule has 0 radical (unpaired) electrons. The molecule has 3 N–H and O–H groups in total. The Morgan fingerprint density at radius 3 is 2.64 bits per heavy atom. The average Bonchev–Trinajstić information content (AvgIpc) is 1.94. The maximum Gasteiger partial charge on any atom is 0.130 e. The van der Waals surface area contributed by atoms with E-state index in [2.05, 4.69) is 15.9 Å². The van der Waals surface area contributed by atoms with Crippen LogP contribution in [0.3, 0.4) is 0 Å². The van der Waals surface area contributed by atoms with Crippen LogP contribution in [0.4, 0.5) is 0 Å². The van der Waals surface area contributed by atoms with E-state index in [9.17, 15) is 5.11 Å². The fourth-order valence-corrected chi connectivity index (χ4v) is 1.49. The zero-order chi connectivity index (χ0) is 8.43. The number of phenols is 1. The highest BCUT2D eigenvalue weighted by Crippen LogP contribution is 2.26. The van der Waals surface area contributed by atoms with Crippen LogP contribution in [-0.4, -0.2) is 10.1 Å². The molecule has 58 valence electrons. The second-order valence-electron chi connectivity index (χ2n) is 2.00. The van der Waals surface area contributed by atoms with Gasteiger partial charge in [0.05, 0.1) is 4.47 Å². The first-order valence-corrected chi connectivity index (χ1v) is 4.10. The number of rotatable bonds is 1. The summed E-state index contributed by atoms with van der Waals surface area (Å²) in [5.41, 5.74) is 6.03. The van der Waals surface area contributed by atoms with Crippen molar-refractivity contribution in [3.63, 3.8) is 0 Å². The Kier molecular flexibility index (Phi) is 2.46. The quantitative estimate of drug-likeness (QED) is 0.725. The van der Waals surface area contributed by atoms with Crippen molar-refractivity contribution in [2.75, 3.05) is 0 Å². The van der Waals surface area contributed by atoms with E-state index < -0.39 is 0 Å². The molecular weight excluding hydrogens is 226 g/mol. The van der Waals surface area contributed by atoms with Crippen molar-refractivity contribution in [3.05, 3.63) is 28.2 Å². The second-order valence-corrected chi connectivity index (χ2v) is 3.24. The topological polar surface area (TPSA) is 46.2 Å². The van der Waals surface area contributed by atoms with Gasteiger partial charge in [-0.3, -0.25) is 0 Å². The van der Waals surface area contributed by atoms with Gasteiger partial charge < -0.3 is 10.8 Å². The minimum absolute atomic E-state index is 0.148. The highest BCUT2D eigenvalue weighted by Gasteiger charge is 2.05.